The number of aryl methyl sites for hydroxylation is 1. The third kappa shape index (κ3) is 7.17. The molecule has 1 radical (unpaired) electrons. The van der Waals surface area contributed by atoms with Crippen LogP contribution in [0.15, 0.2) is 36.4 Å². The van der Waals surface area contributed by atoms with Gasteiger partial charge in [0.05, 0.1) is 21.3 Å². The summed E-state index contributed by atoms with van der Waals surface area (Å²) in [4.78, 5) is 11.8. The van der Waals surface area contributed by atoms with Crippen LogP contribution in [0.25, 0.3) is 0 Å². The number of methoxy groups -OCH3 is 3. The number of carbonyl (C=O) groups is 1. The van der Waals surface area contributed by atoms with Gasteiger partial charge in [-0.15, -0.1) is 0 Å². The molecule has 0 aliphatic carbocycles. The molecule has 0 aliphatic heterocycles. The molecule has 30 heavy (non-hydrogen) atoms. The van der Waals surface area contributed by atoms with Gasteiger partial charge in [-0.2, -0.15) is 0 Å². The number of ether oxygens (including phenoxy) is 5. The van der Waals surface area contributed by atoms with E-state index in [9.17, 15) is 4.79 Å². The molecule has 0 fully saturated rings. The Morgan fingerprint density at radius 1 is 0.967 bits per heavy atom. The van der Waals surface area contributed by atoms with Crippen molar-refractivity contribution in [3.05, 3.63) is 53.9 Å². The highest BCUT2D eigenvalue weighted by molar-refractivity contribution is 5.71. The smallest absolute Gasteiger partial charge is 0.344 e. The SMILES string of the molecule is COc1cc(CC[CH]c2cccc(OCC(=O)OC(C)(C)C)c2)cc(OC)c1OC. The lowest BCUT2D eigenvalue weighted by molar-refractivity contribution is -0.157. The fourth-order valence-corrected chi connectivity index (χ4v) is 2.93. The van der Waals surface area contributed by atoms with Crippen LogP contribution in [0.5, 0.6) is 23.0 Å². The van der Waals surface area contributed by atoms with Gasteiger partial charge in [-0.1, -0.05) is 12.1 Å². The highest BCUT2D eigenvalue weighted by Gasteiger charge is 2.16. The summed E-state index contributed by atoms with van der Waals surface area (Å²) >= 11 is 0. The van der Waals surface area contributed by atoms with Crippen LogP contribution in [0, 0.1) is 6.42 Å². The van der Waals surface area contributed by atoms with Gasteiger partial charge in [-0.3, -0.25) is 0 Å². The van der Waals surface area contributed by atoms with Crippen LogP contribution in [0.1, 0.15) is 38.3 Å². The van der Waals surface area contributed by atoms with Gasteiger partial charge in [0, 0.05) is 0 Å². The van der Waals surface area contributed by atoms with Crippen molar-refractivity contribution in [1.29, 1.82) is 0 Å². The fourth-order valence-electron chi connectivity index (χ4n) is 2.93. The van der Waals surface area contributed by atoms with Gasteiger partial charge in [-0.25, -0.2) is 4.79 Å². The van der Waals surface area contributed by atoms with E-state index in [2.05, 4.69) is 6.42 Å². The zero-order valence-electron chi connectivity index (χ0n) is 18.6. The van der Waals surface area contributed by atoms with E-state index in [0.717, 1.165) is 24.0 Å². The summed E-state index contributed by atoms with van der Waals surface area (Å²) in [5.41, 5.74) is 1.57. The van der Waals surface area contributed by atoms with E-state index < -0.39 is 5.60 Å². The van der Waals surface area contributed by atoms with Gasteiger partial charge < -0.3 is 23.7 Å². The average molecular weight is 416 g/mol. The Morgan fingerprint density at radius 3 is 2.20 bits per heavy atom. The summed E-state index contributed by atoms with van der Waals surface area (Å²) in [7, 11) is 4.80. The molecular formula is C24H31O6. The second-order valence-corrected chi connectivity index (χ2v) is 7.72. The number of esters is 1. The van der Waals surface area contributed by atoms with Crippen molar-refractivity contribution >= 4 is 5.97 Å². The summed E-state index contributed by atoms with van der Waals surface area (Å²) in [5.74, 6) is 2.11. The van der Waals surface area contributed by atoms with Crippen molar-refractivity contribution < 1.29 is 28.5 Å². The summed E-state index contributed by atoms with van der Waals surface area (Å²) in [5, 5.41) is 0. The van der Waals surface area contributed by atoms with Gasteiger partial charge >= 0.3 is 5.97 Å². The first-order valence-electron chi connectivity index (χ1n) is 9.82. The van der Waals surface area contributed by atoms with E-state index >= 15 is 0 Å². The molecule has 0 bridgehead atoms. The number of carbonyl (C=O) groups excluding carboxylic acids is 1. The van der Waals surface area contributed by atoms with Crippen LogP contribution in [-0.2, 0) is 16.0 Å². The maximum atomic E-state index is 11.8. The summed E-state index contributed by atoms with van der Waals surface area (Å²) in [6, 6.07) is 11.5. The molecule has 0 aliphatic rings. The van der Waals surface area contributed by atoms with Gasteiger partial charge in [0.15, 0.2) is 18.1 Å². The van der Waals surface area contributed by atoms with E-state index in [-0.39, 0.29) is 12.6 Å². The Balaban J connectivity index is 1.93. The van der Waals surface area contributed by atoms with Crippen molar-refractivity contribution in [2.45, 2.75) is 39.2 Å². The van der Waals surface area contributed by atoms with Gasteiger partial charge in [0.2, 0.25) is 5.75 Å². The van der Waals surface area contributed by atoms with Gasteiger partial charge in [0.1, 0.15) is 11.4 Å². The lowest BCUT2D eigenvalue weighted by atomic mass is 10.0. The largest absolute Gasteiger partial charge is 0.493 e. The second kappa shape index (κ2) is 10.8. The molecule has 6 nitrogen and oxygen atoms in total. The molecule has 0 heterocycles. The molecule has 163 valence electrons. The summed E-state index contributed by atoms with van der Waals surface area (Å²) < 4.78 is 27.0. The van der Waals surface area contributed by atoms with Gasteiger partial charge in [0.25, 0.3) is 0 Å². The normalized spacial score (nSPS) is 11.0. The molecule has 0 saturated carbocycles. The minimum absolute atomic E-state index is 0.119. The highest BCUT2D eigenvalue weighted by atomic mass is 16.6. The quantitative estimate of drug-likeness (QED) is 0.528. The molecule has 0 aromatic heterocycles. The molecule has 6 heteroatoms. The van der Waals surface area contributed by atoms with Crippen LogP contribution in [-0.4, -0.2) is 39.5 Å². The fraction of sp³-hybridized carbons (Fsp3) is 0.417. The standard InChI is InChI=1S/C24H31O6/c1-24(2,3)30-22(25)16-29-19-12-8-10-17(13-19)9-7-11-18-14-20(26-4)23(28-6)21(15-18)27-5/h8-10,12-15H,7,11,16H2,1-6H3. The van der Waals surface area contributed by atoms with Crippen LogP contribution in [0.4, 0.5) is 0 Å². The van der Waals surface area contributed by atoms with Crippen molar-refractivity contribution in [1.82, 2.24) is 0 Å². The Hall–Kier alpha value is -2.89. The van der Waals surface area contributed by atoms with E-state index in [4.69, 9.17) is 23.7 Å². The predicted molar refractivity (Wildman–Crippen MR) is 116 cm³/mol. The molecule has 2 rings (SSSR count). The van der Waals surface area contributed by atoms with Crippen molar-refractivity contribution in [2.24, 2.45) is 0 Å². The zero-order chi connectivity index (χ0) is 22.1. The number of benzene rings is 2. The van der Waals surface area contributed by atoms with Crippen LogP contribution >= 0.6 is 0 Å². The van der Waals surface area contributed by atoms with Crippen molar-refractivity contribution in [3.8, 4) is 23.0 Å². The molecule has 0 amide bonds. The number of hydrogen-bond donors (Lipinski definition) is 0. The molecule has 0 N–H and O–H groups in total. The molecular weight excluding hydrogens is 384 g/mol. The summed E-state index contributed by atoms with van der Waals surface area (Å²) in [6.45, 7) is 5.36. The molecule has 0 saturated heterocycles. The second-order valence-electron chi connectivity index (χ2n) is 7.72. The van der Waals surface area contributed by atoms with Crippen molar-refractivity contribution in [3.63, 3.8) is 0 Å². The first-order valence-corrected chi connectivity index (χ1v) is 9.82. The molecule has 2 aromatic rings. The number of rotatable bonds is 10. The third-order valence-electron chi connectivity index (χ3n) is 4.17. The van der Waals surface area contributed by atoms with Crippen LogP contribution in [0.3, 0.4) is 0 Å². The predicted octanol–water partition coefficient (Wildman–Crippen LogP) is 4.62. The van der Waals surface area contributed by atoms with E-state index in [1.54, 1.807) is 21.3 Å². The topological polar surface area (TPSA) is 63.2 Å². The maximum absolute atomic E-state index is 11.8. The minimum atomic E-state index is -0.525. The lowest BCUT2D eigenvalue weighted by Gasteiger charge is -2.19. The Labute approximate surface area is 179 Å². The first-order chi connectivity index (χ1) is 14.3. The van der Waals surface area contributed by atoms with E-state index in [0.29, 0.717) is 23.0 Å². The summed E-state index contributed by atoms with van der Waals surface area (Å²) in [6.07, 6.45) is 3.73. The molecule has 0 atom stereocenters. The third-order valence-corrected chi connectivity index (χ3v) is 4.17. The first kappa shape index (κ1) is 23.4. The Kier molecular flexibility index (Phi) is 8.39. The van der Waals surface area contributed by atoms with Gasteiger partial charge in [-0.05, 0) is 75.4 Å². The average Bonchev–Trinajstić information content (AvgIpc) is 2.70. The molecule has 0 spiro atoms. The highest BCUT2D eigenvalue weighted by Crippen LogP contribution is 2.38. The number of hydrogen-bond acceptors (Lipinski definition) is 6. The van der Waals surface area contributed by atoms with Crippen LogP contribution < -0.4 is 18.9 Å². The molecule has 2 aromatic carbocycles. The zero-order valence-corrected chi connectivity index (χ0v) is 18.6. The van der Waals surface area contributed by atoms with E-state index in [1.807, 2.05) is 57.2 Å². The Morgan fingerprint density at radius 2 is 1.63 bits per heavy atom. The minimum Gasteiger partial charge on any atom is -0.493 e. The lowest BCUT2D eigenvalue weighted by Crippen LogP contribution is -2.27. The van der Waals surface area contributed by atoms with Crippen molar-refractivity contribution in [2.75, 3.05) is 27.9 Å². The monoisotopic (exact) mass is 415 g/mol. The molecule has 0 unspecified atom stereocenters. The van der Waals surface area contributed by atoms with Crippen LogP contribution in [0.2, 0.25) is 0 Å². The maximum Gasteiger partial charge on any atom is 0.344 e. The Bertz CT molecular complexity index is 813. The van der Waals surface area contributed by atoms with E-state index in [1.165, 1.54) is 0 Å².